The molecule has 4 heteroatoms. The zero-order valence-electron chi connectivity index (χ0n) is 10.3. The maximum absolute atomic E-state index is 11.4. The zero-order valence-corrected chi connectivity index (χ0v) is 10.3. The van der Waals surface area contributed by atoms with Gasteiger partial charge in [0.15, 0.2) is 0 Å². The van der Waals surface area contributed by atoms with Crippen molar-refractivity contribution in [3.05, 3.63) is 29.8 Å². The fourth-order valence-electron chi connectivity index (χ4n) is 2.35. The van der Waals surface area contributed by atoms with Crippen molar-refractivity contribution in [3.8, 4) is 0 Å². The lowest BCUT2D eigenvalue weighted by Crippen LogP contribution is -2.60. The normalized spacial score (nSPS) is 30.1. The molecule has 0 amide bonds. The minimum atomic E-state index is -0.506. The van der Waals surface area contributed by atoms with E-state index in [4.69, 9.17) is 5.73 Å². The second kappa shape index (κ2) is 4.47. The summed E-state index contributed by atoms with van der Waals surface area (Å²) in [5.41, 5.74) is 7.02. The van der Waals surface area contributed by atoms with E-state index in [-0.39, 0.29) is 6.04 Å². The maximum atomic E-state index is 11.4. The number of benzene rings is 1. The first kappa shape index (κ1) is 12.1. The molecule has 17 heavy (non-hydrogen) atoms. The molecule has 0 saturated carbocycles. The quantitative estimate of drug-likeness (QED) is 0.586. The van der Waals surface area contributed by atoms with Gasteiger partial charge in [0.1, 0.15) is 6.29 Å². The number of anilines is 1. The predicted molar refractivity (Wildman–Crippen MR) is 68.7 cm³/mol. The van der Waals surface area contributed by atoms with Crippen molar-refractivity contribution in [1.82, 2.24) is 10.2 Å². The Bertz CT molecular complexity index is 404. The molecular formula is C13H19N3O. The summed E-state index contributed by atoms with van der Waals surface area (Å²) in [4.78, 5) is 13.5. The SMILES string of the molecule is CN1CCNC(c2ccc(N)cc2)C1(C)C=O. The minimum Gasteiger partial charge on any atom is -0.399 e. The van der Waals surface area contributed by atoms with E-state index < -0.39 is 5.54 Å². The molecule has 3 N–H and O–H groups in total. The third-order valence-electron chi connectivity index (χ3n) is 3.71. The van der Waals surface area contributed by atoms with E-state index in [9.17, 15) is 4.79 Å². The van der Waals surface area contributed by atoms with Crippen LogP contribution in [0.2, 0.25) is 0 Å². The molecule has 0 aliphatic carbocycles. The molecule has 0 aromatic heterocycles. The number of hydrogen-bond donors (Lipinski definition) is 2. The van der Waals surface area contributed by atoms with Crippen molar-refractivity contribution in [2.24, 2.45) is 0 Å². The number of nitrogen functional groups attached to an aromatic ring is 1. The number of nitrogens with two attached hydrogens (primary N) is 1. The number of likely N-dealkylation sites (N-methyl/N-ethyl adjacent to an activating group) is 1. The molecule has 0 spiro atoms. The van der Waals surface area contributed by atoms with Crippen LogP contribution in [0, 0.1) is 0 Å². The lowest BCUT2D eigenvalue weighted by Gasteiger charge is -2.45. The molecule has 0 radical (unpaired) electrons. The zero-order chi connectivity index (χ0) is 12.5. The molecule has 2 unspecified atom stereocenters. The van der Waals surface area contributed by atoms with Gasteiger partial charge in [-0.25, -0.2) is 0 Å². The second-order valence-corrected chi connectivity index (χ2v) is 4.82. The number of nitrogens with one attached hydrogen (secondary N) is 1. The van der Waals surface area contributed by atoms with Gasteiger partial charge in [-0.3, -0.25) is 4.90 Å². The lowest BCUT2D eigenvalue weighted by molar-refractivity contribution is -0.120. The average Bonchev–Trinajstić information content (AvgIpc) is 2.34. The van der Waals surface area contributed by atoms with Gasteiger partial charge < -0.3 is 15.8 Å². The highest BCUT2D eigenvalue weighted by Gasteiger charge is 2.41. The molecule has 2 atom stereocenters. The Hall–Kier alpha value is -1.39. The molecule has 4 nitrogen and oxygen atoms in total. The van der Waals surface area contributed by atoms with E-state index in [0.717, 1.165) is 30.6 Å². The largest absolute Gasteiger partial charge is 0.399 e. The molecule has 1 aliphatic rings. The van der Waals surface area contributed by atoms with Crippen LogP contribution in [0.15, 0.2) is 24.3 Å². The highest BCUT2D eigenvalue weighted by molar-refractivity contribution is 5.66. The van der Waals surface area contributed by atoms with Gasteiger partial charge in [0, 0.05) is 18.8 Å². The molecule has 1 aromatic rings. The second-order valence-electron chi connectivity index (χ2n) is 4.82. The summed E-state index contributed by atoms with van der Waals surface area (Å²) in [5, 5.41) is 3.41. The first-order chi connectivity index (χ1) is 8.08. The number of carbonyl (C=O) groups excluding carboxylic acids is 1. The van der Waals surface area contributed by atoms with Crippen LogP contribution in [0.25, 0.3) is 0 Å². The van der Waals surface area contributed by atoms with Crippen LogP contribution in [-0.4, -0.2) is 36.9 Å². The maximum Gasteiger partial charge on any atom is 0.141 e. The van der Waals surface area contributed by atoms with Crippen LogP contribution in [-0.2, 0) is 4.79 Å². The standard InChI is InChI=1S/C13H19N3O/c1-13(9-17)12(15-7-8-16(13)2)10-3-5-11(14)6-4-10/h3-6,9,12,15H,7-8,14H2,1-2H3. The summed E-state index contributed by atoms with van der Waals surface area (Å²) < 4.78 is 0. The smallest absolute Gasteiger partial charge is 0.141 e. The Labute approximate surface area is 102 Å². The average molecular weight is 233 g/mol. The van der Waals surface area contributed by atoms with E-state index in [1.54, 1.807) is 0 Å². The minimum absolute atomic E-state index is 0.0133. The molecule has 1 saturated heterocycles. The first-order valence-electron chi connectivity index (χ1n) is 5.84. The first-order valence-corrected chi connectivity index (χ1v) is 5.84. The van der Waals surface area contributed by atoms with E-state index in [1.165, 1.54) is 0 Å². The van der Waals surface area contributed by atoms with Gasteiger partial charge in [-0.05, 0) is 31.7 Å². The van der Waals surface area contributed by atoms with Crippen molar-refractivity contribution < 1.29 is 4.79 Å². The summed E-state index contributed by atoms with van der Waals surface area (Å²) in [6.45, 7) is 3.73. The van der Waals surface area contributed by atoms with Crippen LogP contribution in [0.5, 0.6) is 0 Å². The molecule has 1 aromatic carbocycles. The van der Waals surface area contributed by atoms with Gasteiger partial charge in [-0.2, -0.15) is 0 Å². The van der Waals surface area contributed by atoms with Crippen molar-refractivity contribution >= 4 is 12.0 Å². The number of nitrogens with zero attached hydrogens (tertiary/aromatic N) is 1. The fourth-order valence-corrected chi connectivity index (χ4v) is 2.35. The number of aldehydes is 1. The Morgan fingerprint density at radius 3 is 2.71 bits per heavy atom. The Kier molecular flexibility index (Phi) is 3.17. The van der Waals surface area contributed by atoms with Crippen LogP contribution in [0.3, 0.4) is 0 Å². The number of carbonyl (C=O) groups is 1. The molecule has 1 aliphatic heterocycles. The Morgan fingerprint density at radius 1 is 1.47 bits per heavy atom. The van der Waals surface area contributed by atoms with Crippen molar-refractivity contribution in [1.29, 1.82) is 0 Å². The van der Waals surface area contributed by atoms with Crippen LogP contribution >= 0.6 is 0 Å². The van der Waals surface area contributed by atoms with Gasteiger partial charge in [-0.15, -0.1) is 0 Å². The molecular weight excluding hydrogens is 214 g/mol. The van der Waals surface area contributed by atoms with Crippen LogP contribution in [0.4, 0.5) is 5.69 Å². The van der Waals surface area contributed by atoms with Gasteiger partial charge >= 0.3 is 0 Å². The molecule has 92 valence electrons. The number of rotatable bonds is 2. The summed E-state index contributed by atoms with van der Waals surface area (Å²) >= 11 is 0. The Morgan fingerprint density at radius 2 is 2.12 bits per heavy atom. The van der Waals surface area contributed by atoms with E-state index >= 15 is 0 Å². The van der Waals surface area contributed by atoms with Gasteiger partial charge in [0.05, 0.1) is 11.6 Å². The van der Waals surface area contributed by atoms with E-state index in [0.29, 0.717) is 0 Å². The summed E-state index contributed by atoms with van der Waals surface area (Å²) in [7, 11) is 1.99. The summed E-state index contributed by atoms with van der Waals surface area (Å²) in [6.07, 6.45) is 1.03. The summed E-state index contributed by atoms with van der Waals surface area (Å²) in [6, 6.07) is 7.72. The van der Waals surface area contributed by atoms with Gasteiger partial charge in [-0.1, -0.05) is 12.1 Å². The lowest BCUT2D eigenvalue weighted by atomic mass is 9.85. The molecule has 2 rings (SSSR count). The molecule has 0 bridgehead atoms. The third kappa shape index (κ3) is 2.06. The topological polar surface area (TPSA) is 58.4 Å². The van der Waals surface area contributed by atoms with Crippen molar-refractivity contribution in [3.63, 3.8) is 0 Å². The third-order valence-corrected chi connectivity index (χ3v) is 3.71. The van der Waals surface area contributed by atoms with Gasteiger partial charge in [0.2, 0.25) is 0 Å². The molecule has 1 heterocycles. The van der Waals surface area contributed by atoms with Crippen molar-refractivity contribution in [2.75, 3.05) is 25.9 Å². The monoisotopic (exact) mass is 233 g/mol. The molecule has 1 fully saturated rings. The van der Waals surface area contributed by atoms with E-state index in [2.05, 4.69) is 10.2 Å². The fraction of sp³-hybridized carbons (Fsp3) is 0.462. The number of hydrogen-bond acceptors (Lipinski definition) is 4. The Balaban J connectivity index is 2.35. The highest BCUT2D eigenvalue weighted by Crippen LogP contribution is 2.31. The van der Waals surface area contributed by atoms with E-state index in [1.807, 2.05) is 38.2 Å². The number of piperazine rings is 1. The summed E-state index contributed by atoms with van der Waals surface area (Å²) in [5.74, 6) is 0. The van der Waals surface area contributed by atoms with Crippen LogP contribution in [0.1, 0.15) is 18.5 Å². The van der Waals surface area contributed by atoms with Crippen molar-refractivity contribution in [2.45, 2.75) is 18.5 Å². The predicted octanol–water partition coefficient (Wildman–Crippen LogP) is 0.802. The highest BCUT2D eigenvalue weighted by atomic mass is 16.1. The van der Waals surface area contributed by atoms with Gasteiger partial charge in [0.25, 0.3) is 0 Å². The van der Waals surface area contributed by atoms with Crippen LogP contribution < -0.4 is 11.1 Å².